The number of ether oxygens (including phenoxy) is 1. The van der Waals surface area contributed by atoms with Crippen molar-refractivity contribution < 1.29 is 19.0 Å². The number of benzene rings is 1. The van der Waals surface area contributed by atoms with Gasteiger partial charge in [-0.25, -0.2) is 9.37 Å². The number of carboxylic acid groups (broad SMARTS) is 1. The molecule has 1 aromatic carbocycles. The zero-order chi connectivity index (χ0) is 13.1. The predicted octanol–water partition coefficient (Wildman–Crippen LogP) is 2.58. The summed E-state index contributed by atoms with van der Waals surface area (Å²) >= 11 is 1.28. The Labute approximate surface area is 107 Å². The number of aromatic nitrogens is 1. The minimum Gasteiger partial charge on any atom is -0.494 e. The highest BCUT2D eigenvalue weighted by molar-refractivity contribution is 7.13. The monoisotopic (exact) mass is 267 g/mol. The van der Waals surface area contributed by atoms with Crippen molar-refractivity contribution in [3.63, 3.8) is 0 Å². The van der Waals surface area contributed by atoms with E-state index in [0.29, 0.717) is 16.3 Å². The second-order valence-electron chi connectivity index (χ2n) is 3.56. The highest BCUT2D eigenvalue weighted by atomic mass is 32.1. The third-order valence-electron chi connectivity index (χ3n) is 2.28. The molecule has 0 radical (unpaired) electrons. The SMILES string of the molecule is COc1ccc(-c2nc(CC(=O)O)cs2)cc1F. The molecule has 6 heteroatoms. The molecule has 2 aromatic rings. The molecule has 0 bridgehead atoms. The number of nitrogens with zero attached hydrogens (tertiary/aromatic N) is 1. The first-order chi connectivity index (χ1) is 8.60. The number of rotatable bonds is 4. The molecule has 0 spiro atoms. The van der Waals surface area contributed by atoms with Crippen molar-refractivity contribution in [2.45, 2.75) is 6.42 Å². The zero-order valence-corrected chi connectivity index (χ0v) is 10.3. The van der Waals surface area contributed by atoms with Crippen LogP contribution in [0.4, 0.5) is 4.39 Å². The standard InChI is InChI=1S/C12H10FNO3S/c1-17-10-3-2-7(4-9(10)13)12-14-8(6-18-12)5-11(15)16/h2-4,6H,5H2,1H3,(H,15,16). The van der Waals surface area contributed by atoms with Crippen LogP contribution in [-0.2, 0) is 11.2 Å². The maximum absolute atomic E-state index is 13.5. The van der Waals surface area contributed by atoms with E-state index in [9.17, 15) is 9.18 Å². The average molecular weight is 267 g/mol. The lowest BCUT2D eigenvalue weighted by molar-refractivity contribution is -0.136. The van der Waals surface area contributed by atoms with Gasteiger partial charge in [0.25, 0.3) is 0 Å². The van der Waals surface area contributed by atoms with E-state index in [1.54, 1.807) is 11.4 Å². The van der Waals surface area contributed by atoms with Crippen LogP contribution in [0.25, 0.3) is 10.6 Å². The lowest BCUT2D eigenvalue weighted by atomic mass is 10.2. The molecule has 4 nitrogen and oxygen atoms in total. The molecule has 0 fully saturated rings. The Kier molecular flexibility index (Phi) is 3.57. The quantitative estimate of drug-likeness (QED) is 0.925. The van der Waals surface area contributed by atoms with Gasteiger partial charge < -0.3 is 9.84 Å². The van der Waals surface area contributed by atoms with Crippen molar-refractivity contribution in [1.29, 1.82) is 0 Å². The maximum atomic E-state index is 13.5. The molecule has 0 aliphatic carbocycles. The van der Waals surface area contributed by atoms with Crippen molar-refractivity contribution in [3.05, 3.63) is 35.1 Å². The second kappa shape index (κ2) is 5.14. The Morgan fingerprint density at radius 2 is 2.33 bits per heavy atom. The topological polar surface area (TPSA) is 59.4 Å². The number of carboxylic acids is 1. The molecule has 0 saturated heterocycles. The van der Waals surface area contributed by atoms with E-state index in [1.165, 1.54) is 30.6 Å². The van der Waals surface area contributed by atoms with E-state index in [1.807, 2.05) is 0 Å². The van der Waals surface area contributed by atoms with Crippen LogP contribution in [0.15, 0.2) is 23.6 Å². The number of thiazole rings is 1. The first kappa shape index (κ1) is 12.5. The summed E-state index contributed by atoms with van der Waals surface area (Å²) in [5.41, 5.74) is 1.08. The summed E-state index contributed by atoms with van der Waals surface area (Å²) in [6.45, 7) is 0. The largest absolute Gasteiger partial charge is 0.494 e. The number of hydrogen-bond donors (Lipinski definition) is 1. The molecule has 0 atom stereocenters. The zero-order valence-electron chi connectivity index (χ0n) is 9.51. The van der Waals surface area contributed by atoms with Gasteiger partial charge in [0.2, 0.25) is 0 Å². The molecule has 0 amide bonds. The van der Waals surface area contributed by atoms with Crippen LogP contribution in [0, 0.1) is 5.82 Å². The van der Waals surface area contributed by atoms with E-state index in [2.05, 4.69) is 4.98 Å². The lowest BCUT2D eigenvalue weighted by Crippen LogP contribution is -1.99. The Morgan fingerprint density at radius 3 is 2.94 bits per heavy atom. The molecule has 0 unspecified atom stereocenters. The van der Waals surface area contributed by atoms with Gasteiger partial charge in [-0.1, -0.05) is 0 Å². The van der Waals surface area contributed by atoms with Gasteiger partial charge in [-0.15, -0.1) is 11.3 Å². The van der Waals surface area contributed by atoms with Crippen molar-refractivity contribution in [2.75, 3.05) is 7.11 Å². The van der Waals surface area contributed by atoms with Crippen LogP contribution in [0.2, 0.25) is 0 Å². The lowest BCUT2D eigenvalue weighted by Gasteiger charge is -2.02. The summed E-state index contributed by atoms with van der Waals surface area (Å²) in [6.07, 6.45) is -0.130. The van der Waals surface area contributed by atoms with Crippen LogP contribution in [0.1, 0.15) is 5.69 Å². The molecule has 2 rings (SSSR count). The number of halogens is 1. The number of carbonyl (C=O) groups is 1. The van der Waals surface area contributed by atoms with E-state index < -0.39 is 11.8 Å². The minimum atomic E-state index is -0.937. The van der Waals surface area contributed by atoms with Crippen LogP contribution < -0.4 is 4.74 Å². The average Bonchev–Trinajstić information content (AvgIpc) is 2.76. The van der Waals surface area contributed by atoms with Gasteiger partial charge >= 0.3 is 5.97 Å². The van der Waals surface area contributed by atoms with Crippen LogP contribution in [0.5, 0.6) is 5.75 Å². The Balaban J connectivity index is 2.28. The molecule has 0 saturated carbocycles. The van der Waals surface area contributed by atoms with Gasteiger partial charge in [0.05, 0.1) is 19.2 Å². The summed E-state index contributed by atoms with van der Waals surface area (Å²) in [5, 5.41) is 10.9. The van der Waals surface area contributed by atoms with E-state index in [4.69, 9.17) is 9.84 Å². The number of aliphatic carboxylic acids is 1. The van der Waals surface area contributed by atoms with Gasteiger partial charge in [0.1, 0.15) is 5.01 Å². The van der Waals surface area contributed by atoms with Crippen LogP contribution in [0.3, 0.4) is 0 Å². The highest BCUT2D eigenvalue weighted by Crippen LogP contribution is 2.28. The predicted molar refractivity (Wildman–Crippen MR) is 65.4 cm³/mol. The summed E-state index contributed by atoms with van der Waals surface area (Å²) in [4.78, 5) is 14.7. The van der Waals surface area contributed by atoms with Gasteiger partial charge in [-0.3, -0.25) is 4.79 Å². The summed E-state index contributed by atoms with van der Waals surface area (Å²) in [7, 11) is 1.40. The van der Waals surface area contributed by atoms with Gasteiger partial charge in [0, 0.05) is 10.9 Å². The fourth-order valence-corrected chi connectivity index (χ4v) is 2.29. The molecular formula is C12H10FNO3S. The minimum absolute atomic E-state index is 0.130. The maximum Gasteiger partial charge on any atom is 0.309 e. The molecule has 94 valence electrons. The summed E-state index contributed by atoms with van der Waals surface area (Å²) < 4.78 is 18.3. The van der Waals surface area contributed by atoms with Gasteiger partial charge in [-0.2, -0.15) is 0 Å². The van der Waals surface area contributed by atoms with Crippen LogP contribution >= 0.6 is 11.3 Å². The fraction of sp³-hybridized carbons (Fsp3) is 0.167. The van der Waals surface area contributed by atoms with Gasteiger partial charge in [-0.05, 0) is 18.2 Å². The van der Waals surface area contributed by atoms with Crippen molar-refractivity contribution in [1.82, 2.24) is 4.98 Å². The normalized spacial score (nSPS) is 10.3. The Bertz CT molecular complexity index is 582. The molecule has 1 aromatic heterocycles. The van der Waals surface area contributed by atoms with E-state index >= 15 is 0 Å². The molecule has 1 heterocycles. The van der Waals surface area contributed by atoms with Crippen LogP contribution in [-0.4, -0.2) is 23.2 Å². The van der Waals surface area contributed by atoms with Crippen molar-refractivity contribution in [3.8, 4) is 16.3 Å². The first-order valence-corrected chi connectivity index (χ1v) is 5.98. The molecular weight excluding hydrogens is 257 g/mol. The molecule has 0 aliphatic heterocycles. The van der Waals surface area contributed by atoms with E-state index in [-0.39, 0.29) is 12.2 Å². The molecule has 1 N–H and O–H groups in total. The summed E-state index contributed by atoms with van der Waals surface area (Å²) in [5.74, 6) is -1.24. The fourth-order valence-electron chi connectivity index (χ4n) is 1.48. The highest BCUT2D eigenvalue weighted by Gasteiger charge is 2.10. The van der Waals surface area contributed by atoms with Gasteiger partial charge in [0.15, 0.2) is 11.6 Å². The smallest absolute Gasteiger partial charge is 0.309 e. The van der Waals surface area contributed by atoms with Crippen molar-refractivity contribution >= 4 is 17.3 Å². The summed E-state index contributed by atoms with van der Waals surface area (Å²) in [6, 6.07) is 4.52. The third kappa shape index (κ3) is 2.65. The molecule has 0 aliphatic rings. The Morgan fingerprint density at radius 1 is 1.56 bits per heavy atom. The van der Waals surface area contributed by atoms with Crippen molar-refractivity contribution in [2.24, 2.45) is 0 Å². The Hall–Kier alpha value is -1.95. The second-order valence-corrected chi connectivity index (χ2v) is 4.42. The molecule has 18 heavy (non-hydrogen) atoms. The number of methoxy groups -OCH3 is 1. The first-order valence-electron chi connectivity index (χ1n) is 5.10. The third-order valence-corrected chi connectivity index (χ3v) is 3.22. The van der Waals surface area contributed by atoms with E-state index in [0.717, 1.165) is 0 Å². The number of hydrogen-bond acceptors (Lipinski definition) is 4.